The smallest absolute Gasteiger partial charge is 0.433 e. The molecule has 0 unspecified atom stereocenters. The van der Waals surface area contributed by atoms with Gasteiger partial charge in [0.2, 0.25) is 0 Å². The molecule has 0 heterocycles. The average Bonchev–Trinajstić information content (AvgIpc) is 1.79. The molecule has 0 bridgehead atoms. The second-order valence-electron chi connectivity index (χ2n) is 3.00. The highest BCUT2D eigenvalue weighted by Crippen LogP contribution is 2.07. The van der Waals surface area contributed by atoms with Crippen molar-refractivity contribution in [2.75, 3.05) is 12.5 Å². The van der Waals surface area contributed by atoms with Crippen LogP contribution in [-0.2, 0) is 9.47 Å². The lowest BCUT2D eigenvalue weighted by Crippen LogP contribution is -2.24. The summed E-state index contributed by atoms with van der Waals surface area (Å²) in [6, 6.07) is 0. The summed E-state index contributed by atoms with van der Waals surface area (Å²) in [7, 11) is 0. The average molecular weight is 181 g/mol. The standard InChI is InChI=1S/C7H13ClO3/c1-7(2,3)11-6(9)10-5-4-8/h4-5H2,1-3H3. The molecule has 4 heteroatoms. The van der Waals surface area contributed by atoms with Gasteiger partial charge in [0.15, 0.2) is 0 Å². The van der Waals surface area contributed by atoms with Gasteiger partial charge in [0.05, 0.1) is 5.88 Å². The molecule has 0 rings (SSSR count). The van der Waals surface area contributed by atoms with Gasteiger partial charge >= 0.3 is 6.16 Å². The van der Waals surface area contributed by atoms with E-state index in [4.69, 9.17) is 16.3 Å². The molecule has 0 aromatic carbocycles. The van der Waals surface area contributed by atoms with Crippen molar-refractivity contribution in [3.8, 4) is 0 Å². The highest BCUT2D eigenvalue weighted by molar-refractivity contribution is 6.18. The van der Waals surface area contributed by atoms with E-state index >= 15 is 0 Å². The Labute approximate surface area is 71.6 Å². The van der Waals surface area contributed by atoms with Gasteiger partial charge in [-0.2, -0.15) is 0 Å². The molecule has 11 heavy (non-hydrogen) atoms. The molecule has 0 aliphatic carbocycles. The predicted molar refractivity (Wildman–Crippen MR) is 42.9 cm³/mol. The Kier molecular flexibility index (Phi) is 4.26. The molecule has 0 fully saturated rings. The van der Waals surface area contributed by atoms with E-state index in [0.29, 0.717) is 5.88 Å². The third-order valence-corrected chi connectivity index (χ3v) is 0.841. The van der Waals surface area contributed by atoms with Gasteiger partial charge in [-0.1, -0.05) is 0 Å². The minimum atomic E-state index is -0.668. The van der Waals surface area contributed by atoms with E-state index in [2.05, 4.69) is 4.74 Å². The third kappa shape index (κ3) is 7.46. The summed E-state index contributed by atoms with van der Waals surface area (Å²) in [5.41, 5.74) is -0.497. The van der Waals surface area contributed by atoms with Crippen LogP contribution >= 0.6 is 11.6 Å². The molecule has 0 saturated carbocycles. The quantitative estimate of drug-likeness (QED) is 0.483. The van der Waals surface area contributed by atoms with Crippen LogP contribution < -0.4 is 0 Å². The summed E-state index contributed by atoms with van der Waals surface area (Å²) >= 11 is 5.28. The van der Waals surface area contributed by atoms with Crippen LogP contribution in [0.25, 0.3) is 0 Å². The zero-order chi connectivity index (χ0) is 8.91. The van der Waals surface area contributed by atoms with Crippen LogP contribution in [0.5, 0.6) is 0 Å². The fourth-order valence-electron chi connectivity index (χ4n) is 0.401. The first-order valence-corrected chi connectivity index (χ1v) is 3.91. The Morgan fingerprint density at radius 2 is 2.00 bits per heavy atom. The summed E-state index contributed by atoms with van der Waals surface area (Å²) in [6.07, 6.45) is -0.668. The van der Waals surface area contributed by atoms with Crippen LogP contribution in [0.1, 0.15) is 20.8 Å². The van der Waals surface area contributed by atoms with Crippen molar-refractivity contribution in [2.45, 2.75) is 26.4 Å². The maximum absolute atomic E-state index is 10.7. The van der Waals surface area contributed by atoms with Crippen molar-refractivity contribution >= 4 is 17.8 Å². The Hall–Kier alpha value is -0.440. The van der Waals surface area contributed by atoms with Crippen LogP contribution in [0.15, 0.2) is 0 Å². The number of carbonyl (C=O) groups is 1. The number of rotatable bonds is 2. The Bertz CT molecular complexity index is 128. The first kappa shape index (κ1) is 10.6. The maximum Gasteiger partial charge on any atom is 0.508 e. The minimum absolute atomic E-state index is 0.191. The lowest BCUT2D eigenvalue weighted by molar-refractivity contribution is -0.00459. The van der Waals surface area contributed by atoms with E-state index in [0.717, 1.165) is 0 Å². The summed E-state index contributed by atoms with van der Waals surface area (Å²) < 4.78 is 9.39. The molecule has 0 aromatic rings. The molecule has 0 aromatic heterocycles. The molecule has 0 spiro atoms. The second kappa shape index (κ2) is 4.44. The van der Waals surface area contributed by atoms with Crippen molar-refractivity contribution in [1.29, 1.82) is 0 Å². The van der Waals surface area contributed by atoms with E-state index in [-0.39, 0.29) is 6.61 Å². The van der Waals surface area contributed by atoms with Crippen LogP contribution in [-0.4, -0.2) is 24.2 Å². The van der Waals surface area contributed by atoms with Gasteiger partial charge in [0.1, 0.15) is 12.2 Å². The highest BCUT2D eigenvalue weighted by atomic mass is 35.5. The molecule has 0 radical (unpaired) electrons. The number of hydrogen-bond acceptors (Lipinski definition) is 3. The summed E-state index contributed by atoms with van der Waals surface area (Å²) in [5, 5.41) is 0. The van der Waals surface area contributed by atoms with Crippen molar-refractivity contribution in [3.05, 3.63) is 0 Å². The molecule has 0 N–H and O–H groups in total. The fraction of sp³-hybridized carbons (Fsp3) is 0.857. The summed E-state index contributed by atoms with van der Waals surface area (Å²) in [5.74, 6) is 0.291. The normalized spacial score (nSPS) is 10.9. The second-order valence-corrected chi connectivity index (χ2v) is 3.38. The van der Waals surface area contributed by atoms with Crippen LogP contribution in [0.3, 0.4) is 0 Å². The van der Waals surface area contributed by atoms with Gasteiger partial charge in [-0.25, -0.2) is 4.79 Å². The van der Waals surface area contributed by atoms with Gasteiger partial charge in [0, 0.05) is 0 Å². The van der Waals surface area contributed by atoms with Crippen molar-refractivity contribution in [1.82, 2.24) is 0 Å². The van der Waals surface area contributed by atoms with E-state index in [1.807, 2.05) is 0 Å². The molecular weight excluding hydrogens is 168 g/mol. The van der Waals surface area contributed by atoms with Gasteiger partial charge in [0.25, 0.3) is 0 Å². The van der Waals surface area contributed by atoms with Crippen molar-refractivity contribution in [3.63, 3.8) is 0 Å². The van der Waals surface area contributed by atoms with Gasteiger partial charge in [-0.3, -0.25) is 0 Å². The zero-order valence-corrected chi connectivity index (χ0v) is 7.77. The number of carbonyl (C=O) groups excluding carboxylic acids is 1. The van der Waals surface area contributed by atoms with E-state index < -0.39 is 11.8 Å². The van der Waals surface area contributed by atoms with E-state index in [1.165, 1.54) is 0 Å². The molecule has 0 saturated heterocycles. The van der Waals surface area contributed by atoms with Crippen molar-refractivity contribution in [2.24, 2.45) is 0 Å². The third-order valence-electron chi connectivity index (χ3n) is 0.687. The first-order chi connectivity index (χ1) is 4.95. The van der Waals surface area contributed by atoms with Crippen LogP contribution in [0.2, 0.25) is 0 Å². The summed E-state index contributed by atoms with van der Waals surface area (Å²) in [4.78, 5) is 10.7. The largest absolute Gasteiger partial charge is 0.508 e. The molecule has 0 aliphatic heterocycles. The van der Waals surface area contributed by atoms with Gasteiger partial charge in [-0.15, -0.1) is 11.6 Å². The number of halogens is 1. The molecule has 0 aliphatic rings. The highest BCUT2D eigenvalue weighted by Gasteiger charge is 2.16. The SMILES string of the molecule is CC(C)(C)OC(=O)OCCCl. The zero-order valence-electron chi connectivity index (χ0n) is 7.02. The van der Waals surface area contributed by atoms with Gasteiger partial charge < -0.3 is 9.47 Å². The number of ether oxygens (including phenoxy) is 2. The predicted octanol–water partition coefficient (Wildman–Crippen LogP) is 2.18. The molecule has 0 amide bonds. The van der Waals surface area contributed by atoms with E-state index in [9.17, 15) is 4.79 Å². The van der Waals surface area contributed by atoms with E-state index in [1.54, 1.807) is 20.8 Å². The first-order valence-electron chi connectivity index (χ1n) is 3.37. The maximum atomic E-state index is 10.7. The molecule has 0 atom stereocenters. The Morgan fingerprint density at radius 1 is 1.45 bits per heavy atom. The fourth-order valence-corrected chi connectivity index (χ4v) is 0.479. The van der Waals surface area contributed by atoms with Gasteiger partial charge in [-0.05, 0) is 20.8 Å². The number of hydrogen-bond donors (Lipinski definition) is 0. The lowest BCUT2D eigenvalue weighted by Gasteiger charge is -2.18. The summed E-state index contributed by atoms with van der Waals surface area (Å²) in [6.45, 7) is 5.51. The Morgan fingerprint density at radius 3 is 2.36 bits per heavy atom. The number of alkyl halides is 1. The molecular formula is C7H13ClO3. The van der Waals surface area contributed by atoms with Crippen LogP contribution in [0.4, 0.5) is 4.79 Å². The lowest BCUT2D eigenvalue weighted by atomic mass is 10.2. The molecule has 3 nitrogen and oxygen atoms in total. The Balaban J connectivity index is 3.53. The van der Waals surface area contributed by atoms with Crippen LogP contribution in [0, 0.1) is 0 Å². The molecule has 66 valence electrons. The van der Waals surface area contributed by atoms with Crippen molar-refractivity contribution < 1.29 is 14.3 Å². The minimum Gasteiger partial charge on any atom is -0.433 e. The topological polar surface area (TPSA) is 35.5 Å². The monoisotopic (exact) mass is 180 g/mol.